The van der Waals surface area contributed by atoms with Gasteiger partial charge in [0, 0.05) is 24.2 Å². The van der Waals surface area contributed by atoms with E-state index in [1.807, 2.05) is 26.1 Å². The van der Waals surface area contributed by atoms with E-state index in [4.69, 9.17) is 4.74 Å². The summed E-state index contributed by atoms with van der Waals surface area (Å²) in [6.45, 7) is 9.15. The van der Waals surface area contributed by atoms with Crippen molar-refractivity contribution in [3.63, 3.8) is 0 Å². The van der Waals surface area contributed by atoms with Gasteiger partial charge in [-0.25, -0.2) is 4.98 Å². The molecule has 102 valence electrons. The summed E-state index contributed by atoms with van der Waals surface area (Å²) in [6.07, 6.45) is 2.05. The van der Waals surface area contributed by atoms with Crippen molar-refractivity contribution in [1.82, 2.24) is 10.3 Å². The predicted octanol–water partition coefficient (Wildman–Crippen LogP) is 3.52. The van der Waals surface area contributed by atoms with Gasteiger partial charge in [0.15, 0.2) is 0 Å². The van der Waals surface area contributed by atoms with Crippen LogP contribution in [-0.2, 0) is 6.54 Å². The highest BCUT2D eigenvalue weighted by Crippen LogP contribution is 2.26. The van der Waals surface area contributed by atoms with Gasteiger partial charge in [-0.05, 0) is 30.9 Å². The maximum absolute atomic E-state index is 5.78. The van der Waals surface area contributed by atoms with Crippen molar-refractivity contribution in [2.75, 3.05) is 0 Å². The number of pyridine rings is 1. The fourth-order valence-electron chi connectivity index (χ4n) is 2.00. The lowest BCUT2D eigenvalue weighted by molar-refractivity contribution is 0.236. The molecule has 2 aromatic rings. The topological polar surface area (TPSA) is 34.2 Å². The minimum absolute atomic E-state index is 0.135. The summed E-state index contributed by atoms with van der Waals surface area (Å²) in [4.78, 5) is 4.46. The van der Waals surface area contributed by atoms with Crippen molar-refractivity contribution < 1.29 is 4.74 Å². The number of hydrogen-bond acceptors (Lipinski definition) is 3. The Kier molecular flexibility index (Phi) is 4.38. The van der Waals surface area contributed by atoms with Gasteiger partial charge in [0.1, 0.15) is 0 Å². The summed E-state index contributed by atoms with van der Waals surface area (Å²) in [5.74, 6) is 0.721. The Morgan fingerprint density at radius 3 is 2.42 bits per heavy atom. The normalized spacial score (nSPS) is 11.5. The number of aromatic nitrogens is 1. The fraction of sp³-hybridized carbons (Fsp3) is 0.438. The Morgan fingerprint density at radius 1 is 1.11 bits per heavy atom. The summed E-state index contributed by atoms with van der Waals surface area (Å²) in [6, 6.07) is 8.74. The van der Waals surface area contributed by atoms with Gasteiger partial charge >= 0.3 is 0 Å². The van der Waals surface area contributed by atoms with Crippen LogP contribution in [0, 0.1) is 0 Å². The Morgan fingerprint density at radius 2 is 1.79 bits per heavy atom. The highest BCUT2D eigenvalue weighted by Gasteiger charge is 2.09. The molecule has 1 aromatic carbocycles. The second-order valence-corrected chi connectivity index (χ2v) is 5.34. The van der Waals surface area contributed by atoms with E-state index < -0.39 is 0 Å². The van der Waals surface area contributed by atoms with Crippen LogP contribution in [0.2, 0.25) is 0 Å². The van der Waals surface area contributed by atoms with Crippen LogP contribution in [0.3, 0.4) is 0 Å². The minimum atomic E-state index is 0.135. The molecule has 0 amide bonds. The quantitative estimate of drug-likeness (QED) is 0.891. The molecule has 0 unspecified atom stereocenters. The van der Waals surface area contributed by atoms with Crippen LogP contribution in [0.5, 0.6) is 5.88 Å². The van der Waals surface area contributed by atoms with Crippen molar-refractivity contribution >= 4 is 10.8 Å². The van der Waals surface area contributed by atoms with E-state index in [-0.39, 0.29) is 6.10 Å². The van der Waals surface area contributed by atoms with Crippen LogP contribution >= 0.6 is 0 Å². The molecular formula is C16H22N2O. The summed E-state index contributed by atoms with van der Waals surface area (Å²) < 4.78 is 5.78. The second-order valence-electron chi connectivity index (χ2n) is 5.34. The van der Waals surface area contributed by atoms with Gasteiger partial charge in [0.05, 0.1) is 6.10 Å². The number of nitrogens with one attached hydrogen (secondary N) is 1. The molecule has 2 rings (SSSR count). The van der Waals surface area contributed by atoms with Gasteiger partial charge in [0.2, 0.25) is 5.88 Å². The molecule has 3 heteroatoms. The zero-order valence-corrected chi connectivity index (χ0v) is 12.1. The van der Waals surface area contributed by atoms with Crippen molar-refractivity contribution in [2.45, 2.75) is 46.4 Å². The molecule has 1 aromatic heterocycles. The lowest BCUT2D eigenvalue weighted by atomic mass is 10.1. The van der Waals surface area contributed by atoms with E-state index >= 15 is 0 Å². The molecule has 0 aliphatic carbocycles. The Labute approximate surface area is 115 Å². The van der Waals surface area contributed by atoms with Gasteiger partial charge < -0.3 is 10.1 Å². The average molecular weight is 258 g/mol. The number of hydrogen-bond donors (Lipinski definition) is 1. The second kappa shape index (κ2) is 6.02. The monoisotopic (exact) mass is 258 g/mol. The molecule has 0 atom stereocenters. The maximum Gasteiger partial charge on any atom is 0.221 e. The number of ether oxygens (including phenoxy) is 1. The first-order valence-corrected chi connectivity index (χ1v) is 6.84. The summed E-state index contributed by atoms with van der Waals surface area (Å²) in [5, 5.41) is 5.73. The highest BCUT2D eigenvalue weighted by atomic mass is 16.5. The molecule has 19 heavy (non-hydrogen) atoms. The van der Waals surface area contributed by atoms with Crippen molar-refractivity contribution in [1.29, 1.82) is 0 Å². The van der Waals surface area contributed by atoms with Crippen LogP contribution < -0.4 is 10.1 Å². The van der Waals surface area contributed by atoms with Gasteiger partial charge in [-0.2, -0.15) is 0 Å². The third kappa shape index (κ3) is 3.44. The molecule has 0 aliphatic rings. The summed E-state index contributed by atoms with van der Waals surface area (Å²) >= 11 is 0. The minimum Gasteiger partial charge on any atom is -0.475 e. The lowest BCUT2D eigenvalue weighted by Gasteiger charge is -2.14. The largest absolute Gasteiger partial charge is 0.475 e. The van der Waals surface area contributed by atoms with Crippen LogP contribution in [0.4, 0.5) is 0 Å². The van der Waals surface area contributed by atoms with Gasteiger partial charge in [0.25, 0.3) is 0 Å². The Hall–Kier alpha value is -1.61. The molecule has 0 spiro atoms. The van der Waals surface area contributed by atoms with E-state index in [1.54, 1.807) is 0 Å². The zero-order valence-electron chi connectivity index (χ0n) is 12.1. The third-order valence-corrected chi connectivity index (χ3v) is 2.89. The molecule has 0 bridgehead atoms. The number of benzene rings is 1. The average Bonchev–Trinajstić information content (AvgIpc) is 2.37. The predicted molar refractivity (Wildman–Crippen MR) is 79.5 cm³/mol. The van der Waals surface area contributed by atoms with Crippen LogP contribution in [0.25, 0.3) is 10.8 Å². The smallest absolute Gasteiger partial charge is 0.221 e. The molecule has 1 N–H and O–H groups in total. The third-order valence-electron chi connectivity index (χ3n) is 2.89. The molecule has 0 aliphatic heterocycles. The number of fused-ring (bicyclic) bond motifs is 1. The lowest BCUT2D eigenvalue weighted by Crippen LogP contribution is -2.22. The first kappa shape index (κ1) is 13.8. The van der Waals surface area contributed by atoms with Gasteiger partial charge in [-0.1, -0.05) is 32.0 Å². The van der Waals surface area contributed by atoms with Crippen molar-refractivity contribution in [3.05, 3.63) is 36.0 Å². The first-order chi connectivity index (χ1) is 9.08. The number of nitrogens with zero attached hydrogens (tertiary/aromatic N) is 1. The summed E-state index contributed by atoms with van der Waals surface area (Å²) in [7, 11) is 0. The molecule has 0 saturated carbocycles. The molecular weight excluding hydrogens is 236 g/mol. The standard InChI is InChI=1S/C16H22N2O/c1-11(2)17-9-13-10-18-16(19-12(3)4)15-8-6-5-7-14(13)15/h5-8,10-12,17H,9H2,1-4H3. The molecule has 0 fully saturated rings. The van der Waals surface area contributed by atoms with Crippen molar-refractivity contribution in [3.8, 4) is 5.88 Å². The van der Waals surface area contributed by atoms with Crippen LogP contribution in [0.1, 0.15) is 33.3 Å². The zero-order chi connectivity index (χ0) is 13.8. The van der Waals surface area contributed by atoms with Crippen molar-refractivity contribution in [2.24, 2.45) is 0 Å². The summed E-state index contributed by atoms with van der Waals surface area (Å²) in [5.41, 5.74) is 1.21. The fourth-order valence-corrected chi connectivity index (χ4v) is 2.00. The molecule has 3 nitrogen and oxygen atoms in total. The van der Waals surface area contributed by atoms with E-state index in [0.717, 1.165) is 17.8 Å². The SMILES string of the molecule is CC(C)NCc1cnc(OC(C)C)c2ccccc12. The van der Waals surface area contributed by atoms with Crippen LogP contribution in [0.15, 0.2) is 30.5 Å². The van der Waals surface area contributed by atoms with Gasteiger partial charge in [-0.15, -0.1) is 0 Å². The first-order valence-electron chi connectivity index (χ1n) is 6.84. The van der Waals surface area contributed by atoms with E-state index in [9.17, 15) is 0 Å². The Bertz CT molecular complexity index is 549. The van der Waals surface area contributed by atoms with Gasteiger partial charge in [-0.3, -0.25) is 0 Å². The van der Waals surface area contributed by atoms with Crippen LogP contribution in [-0.4, -0.2) is 17.1 Å². The molecule has 0 radical (unpaired) electrons. The van der Waals surface area contributed by atoms with E-state index in [2.05, 4.69) is 42.3 Å². The van der Waals surface area contributed by atoms with E-state index in [0.29, 0.717) is 6.04 Å². The molecule has 1 heterocycles. The highest BCUT2D eigenvalue weighted by molar-refractivity contribution is 5.89. The molecule has 0 saturated heterocycles. The Balaban J connectivity index is 2.40. The van der Waals surface area contributed by atoms with E-state index in [1.165, 1.54) is 10.9 Å². The number of rotatable bonds is 5. The maximum atomic E-state index is 5.78.